The van der Waals surface area contributed by atoms with Crippen LogP contribution in [-0.4, -0.2) is 34.6 Å². The van der Waals surface area contributed by atoms with Gasteiger partial charge in [-0.05, 0) is 48.5 Å². The number of rotatable bonds is 8. The Kier molecular flexibility index (Phi) is 6.82. The van der Waals surface area contributed by atoms with Crippen LogP contribution in [0.1, 0.15) is 0 Å². The van der Waals surface area contributed by atoms with E-state index in [4.69, 9.17) is 4.74 Å². The van der Waals surface area contributed by atoms with Crippen LogP contribution in [0, 0.1) is 0 Å². The van der Waals surface area contributed by atoms with Gasteiger partial charge in [-0.15, -0.1) is 0 Å². The van der Waals surface area contributed by atoms with E-state index >= 15 is 0 Å². The average molecular weight is 440 g/mol. The molecular weight excluding hydrogens is 422 g/mol. The van der Waals surface area contributed by atoms with Crippen LogP contribution in [-0.2, 0) is 19.6 Å². The summed E-state index contributed by atoms with van der Waals surface area (Å²) < 4.78 is 37.8. The van der Waals surface area contributed by atoms with Gasteiger partial charge < -0.3 is 9.47 Å². The molecule has 0 saturated heterocycles. The standard InChI is InChI=1S/C18H18BrNO5S/c1-3-12-25-16-8-6-15(7-9-16)20(13-18(21)24-2)26(22,23)17-10-4-14(19)5-11-17/h3-11H,1,12-13H2,2H3. The van der Waals surface area contributed by atoms with E-state index in [1.807, 2.05) is 0 Å². The van der Waals surface area contributed by atoms with Crippen molar-refractivity contribution in [1.29, 1.82) is 0 Å². The minimum Gasteiger partial charge on any atom is -0.490 e. The van der Waals surface area contributed by atoms with E-state index in [0.717, 1.165) is 8.78 Å². The SMILES string of the molecule is C=CCOc1ccc(N(CC(=O)OC)S(=O)(=O)c2ccc(Br)cc2)cc1. The quantitative estimate of drug-likeness (QED) is 0.465. The molecule has 0 amide bonds. The Morgan fingerprint density at radius 2 is 1.77 bits per heavy atom. The highest BCUT2D eigenvalue weighted by atomic mass is 79.9. The Labute approximate surface area is 161 Å². The predicted molar refractivity (Wildman–Crippen MR) is 103 cm³/mol. The summed E-state index contributed by atoms with van der Waals surface area (Å²) in [6, 6.07) is 12.6. The zero-order valence-electron chi connectivity index (χ0n) is 14.1. The van der Waals surface area contributed by atoms with E-state index in [1.54, 1.807) is 42.5 Å². The molecule has 0 aromatic heterocycles. The molecule has 0 atom stereocenters. The van der Waals surface area contributed by atoms with Gasteiger partial charge in [-0.2, -0.15) is 0 Å². The molecule has 0 saturated carbocycles. The molecule has 0 heterocycles. The summed E-state index contributed by atoms with van der Waals surface area (Å²) in [7, 11) is -2.74. The molecule has 138 valence electrons. The molecule has 0 spiro atoms. The van der Waals surface area contributed by atoms with Crippen molar-refractivity contribution in [2.75, 3.05) is 24.6 Å². The van der Waals surface area contributed by atoms with Crippen molar-refractivity contribution in [1.82, 2.24) is 0 Å². The number of hydrogen-bond donors (Lipinski definition) is 0. The van der Waals surface area contributed by atoms with Crippen molar-refractivity contribution in [2.45, 2.75) is 4.90 Å². The fourth-order valence-corrected chi connectivity index (χ4v) is 3.77. The molecule has 2 aromatic rings. The summed E-state index contributed by atoms with van der Waals surface area (Å²) in [4.78, 5) is 11.8. The van der Waals surface area contributed by atoms with E-state index in [9.17, 15) is 13.2 Å². The number of ether oxygens (including phenoxy) is 2. The van der Waals surface area contributed by atoms with Crippen LogP contribution < -0.4 is 9.04 Å². The third-order valence-corrected chi connectivity index (χ3v) is 5.71. The number of benzene rings is 2. The zero-order chi connectivity index (χ0) is 19.2. The first-order valence-electron chi connectivity index (χ1n) is 7.57. The summed E-state index contributed by atoms with van der Waals surface area (Å²) in [5.41, 5.74) is 0.323. The molecule has 26 heavy (non-hydrogen) atoms. The van der Waals surface area contributed by atoms with Crippen LogP contribution in [0.25, 0.3) is 0 Å². The lowest BCUT2D eigenvalue weighted by Crippen LogP contribution is -2.36. The number of methoxy groups -OCH3 is 1. The summed E-state index contributed by atoms with van der Waals surface area (Å²) in [5.74, 6) is -0.106. The van der Waals surface area contributed by atoms with Crippen LogP contribution in [0.2, 0.25) is 0 Å². The molecule has 0 aliphatic rings. The highest BCUT2D eigenvalue weighted by Gasteiger charge is 2.27. The Bertz CT molecular complexity index is 863. The van der Waals surface area contributed by atoms with Crippen molar-refractivity contribution in [3.63, 3.8) is 0 Å². The molecule has 8 heteroatoms. The largest absolute Gasteiger partial charge is 0.490 e. The number of halogens is 1. The number of carbonyl (C=O) groups excluding carboxylic acids is 1. The van der Waals surface area contributed by atoms with Gasteiger partial charge in [0.2, 0.25) is 0 Å². The molecular formula is C18H18BrNO5S. The van der Waals surface area contributed by atoms with Gasteiger partial charge in [-0.25, -0.2) is 8.42 Å². The highest BCUT2D eigenvalue weighted by Crippen LogP contribution is 2.26. The molecule has 0 bridgehead atoms. The normalized spacial score (nSPS) is 10.8. The third kappa shape index (κ3) is 4.86. The first-order chi connectivity index (χ1) is 12.4. The van der Waals surface area contributed by atoms with E-state index in [2.05, 4.69) is 27.2 Å². The number of sulfonamides is 1. The molecule has 0 aliphatic carbocycles. The molecule has 0 N–H and O–H groups in total. The van der Waals surface area contributed by atoms with E-state index in [0.29, 0.717) is 18.0 Å². The number of hydrogen-bond acceptors (Lipinski definition) is 5. The Morgan fingerprint density at radius 1 is 1.15 bits per heavy atom. The average Bonchev–Trinajstić information content (AvgIpc) is 2.65. The van der Waals surface area contributed by atoms with Gasteiger partial charge >= 0.3 is 5.97 Å². The van der Waals surface area contributed by atoms with Crippen molar-refractivity contribution in [3.8, 4) is 5.75 Å². The lowest BCUT2D eigenvalue weighted by molar-refractivity contribution is -0.138. The van der Waals surface area contributed by atoms with Crippen LogP contribution in [0.15, 0.2) is 70.6 Å². The summed E-state index contributed by atoms with van der Waals surface area (Å²) in [6.07, 6.45) is 1.61. The van der Waals surface area contributed by atoms with E-state index < -0.39 is 22.5 Å². The van der Waals surface area contributed by atoms with Gasteiger partial charge in [0, 0.05) is 4.47 Å². The summed E-state index contributed by atoms with van der Waals surface area (Å²) in [6.45, 7) is 3.46. The number of nitrogens with zero attached hydrogens (tertiary/aromatic N) is 1. The second kappa shape index (κ2) is 8.86. The Morgan fingerprint density at radius 3 is 2.31 bits per heavy atom. The van der Waals surface area contributed by atoms with Crippen LogP contribution in [0.5, 0.6) is 5.75 Å². The topological polar surface area (TPSA) is 72.9 Å². The van der Waals surface area contributed by atoms with Gasteiger partial charge in [0.1, 0.15) is 18.9 Å². The Hall–Kier alpha value is -2.32. The minimum atomic E-state index is -3.95. The van der Waals surface area contributed by atoms with E-state index in [1.165, 1.54) is 19.2 Å². The monoisotopic (exact) mass is 439 g/mol. The molecule has 6 nitrogen and oxygen atoms in total. The van der Waals surface area contributed by atoms with Crippen LogP contribution in [0.4, 0.5) is 5.69 Å². The van der Waals surface area contributed by atoms with Gasteiger partial charge in [0.05, 0.1) is 17.7 Å². The number of carbonyl (C=O) groups is 1. The molecule has 0 radical (unpaired) electrons. The molecule has 2 rings (SSSR count). The second-order valence-corrected chi connectivity index (χ2v) is 7.91. The zero-order valence-corrected chi connectivity index (χ0v) is 16.5. The third-order valence-electron chi connectivity index (χ3n) is 3.39. The van der Waals surface area contributed by atoms with Gasteiger partial charge in [-0.3, -0.25) is 9.10 Å². The smallest absolute Gasteiger partial charge is 0.326 e. The molecule has 2 aromatic carbocycles. The molecule has 0 aliphatic heterocycles. The van der Waals surface area contributed by atoms with Crippen molar-refractivity contribution in [2.24, 2.45) is 0 Å². The van der Waals surface area contributed by atoms with E-state index in [-0.39, 0.29) is 4.90 Å². The molecule has 0 unspecified atom stereocenters. The lowest BCUT2D eigenvalue weighted by Gasteiger charge is -2.23. The first-order valence-corrected chi connectivity index (χ1v) is 9.80. The fourth-order valence-electron chi connectivity index (χ4n) is 2.09. The summed E-state index contributed by atoms with van der Waals surface area (Å²) in [5, 5.41) is 0. The van der Waals surface area contributed by atoms with Gasteiger partial charge in [0.15, 0.2) is 0 Å². The van der Waals surface area contributed by atoms with Crippen LogP contribution in [0.3, 0.4) is 0 Å². The van der Waals surface area contributed by atoms with Crippen molar-refractivity contribution < 1.29 is 22.7 Å². The number of esters is 1. The molecule has 0 fully saturated rings. The summed E-state index contributed by atoms with van der Waals surface area (Å²) >= 11 is 3.27. The maximum atomic E-state index is 13.0. The lowest BCUT2D eigenvalue weighted by atomic mass is 10.3. The number of anilines is 1. The maximum Gasteiger partial charge on any atom is 0.326 e. The van der Waals surface area contributed by atoms with Crippen molar-refractivity contribution >= 4 is 37.6 Å². The highest BCUT2D eigenvalue weighted by molar-refractivity contribution is 9.10. The minimum absolute atomic E-state index is 0.0663. The maximum absolute atomic E-state index is 13.0. The Balaban J connectivity index is 2.40. The predicted octanol–water partition coefficient (Wildman–Crippen LogP) is 3.38. The first kappa shape index (κ1) is 20.0. The van der Waals surface area contributed by atoms with Crippen molar-refractivity contribution in [3.05, 3.63) is 65.7 Å². The van der Waals surface area contributed by atoms with Crippen LogP contribution >= 0.6 is 15.9 Å². The van der Waals surface area contributed by atoms with Gasteiger partial charge in [0.25, 0.3) is 10.0 Å². The van der Waals surface area contributed by atoms with Gasteiger partial charge in [-0.1, -0.05) is 28.6 Å². The second-order valence-electron chi connectivity index (χ2n) is 5.14. The fraction of sp³-hybridized carbons (Fsp3) is 0.167.